The third kappa shape index (κ3) is 4.89. The van der Waals surface area contributed by atoms with Crippen LogP contribution in [0.15, 0.2) is 35.2 Å². The van der Waals surface area contributed by atoms with E-state index in [0.29, 0.717) is 0 Å². The summed E-state index contributed by atoms with van der Waals surface area (Å²) in [5.74, 6) is -0.455. The van der Waals surface area contributed by atoms with Gasteiger partial charge in [-0.3, -0.25) is 9.59 Å². The number of benzene rings is 1. The molecule has 20 heavy (non-hydrogen) atoms. The van der Waals surface area contributed by atoms with E-state index in [9.17, 15) is 9.59 Å². The zero-order valence-electron chi connectivity index (χ0n) is 12.3. The monoisotopic (exact) mass is 295 g/mol. The minimum Gasteiger partial charge on any atom is -0.468 e. The van der Waals surface area contributed by atoms with Crippen LogP contribution in [0.2, 0.25) is 0 Å². The highest BCUT2D eigenvalue weighted by atomic mass is 32.2. The Kier molecular flexibility index (Phi) is 6.58. The van der Waals surface area contributed by atoms with Gasteiger partial charge in [-0.25, -0.2) is 0 Å². The Morgan fingerprint density at radius 3 is 2.30 bits per heavy atom. The first-order valence-electron chi connectivity index (χ1n) is 6.54. The number of amides is 1. The van der Waals surface area contributed by atoms with E-state index in [4.69, 9.17) is 0 Å². The van der Waals surface area contributed by atoms with Crippen LogP contribution in [0, 0.1) is 0 Å². The van der Waals surface area contributed by atoms with Crippen molar-refractivity contribution in [3.05, 3.63) is 30.3 Å². The average Bonchev–Trinajstić information content (AvgIpc) is 2.44. The maximum absolute atomic E-state index is 12.4. The van der Waals surface area contributed by atoms with Crippen LogP contribution < -0.4 is 0 Å². The maximum atomic E-state index is 12.4. The molecule has 1 aromatic rings. The predicted molar refractivity (Wildman–Crippen MR) is 80.6 cm³/mol. The van der Waals surface area contributed by atoms with E-state index in [-0.39, 0.29) is 23.7 Å². The van der Waals surface area contributed by atoms with Gasteiger partial charge >= 0.3 is 5.97 Å². The molecule has 110 valence electrons. The summed E-state index contributed by atoms with van der Waals surface area (Å²) in [5, 5.41) is -0.246. The molecule has 0 aromatic heterocycles. The minimum atomic E-state index is -0.399. The lowest BCUT2D eigenvalue weighted by Gasteiger charge is -2.28. The van der Waals surface area contributed by atoms with Gasteiger partial charge in [0.25, 0.3) is 0 Å². The fraction of sp³-hybridized carbons (Fsp3) is 0.467. The molecule has 1 atom stereocenters. The first-order chi connectivity index (χ1) is 9.45. The molecule has 1 rings (SSSR count). The molecule has 0 fully saturated rings. The van der Waals surface area contributed by atoms with Crippen molar-refractivity contribution in [1.29, 1.82) is 0 Å². The van der Waals surface area contributed by atoms with Crippen molar-refractivity contribution in [2.24, 2.45) is 0 Å². The average molecular weight is 295 g/mol. The lowest BCUT2D eigenvalue weighted by atomic mass is 10.2. The molecular weight excluding hydrogens is 274 g/mol. The van der Waals surface area contributed by atoms with Crippen molar-refractivity contribution in [2.75, 3.05) is 13.7 Å². The van der Waals surface area contributed by atoms with Gasteiger partial charge < -0.3 is 9.64 Å². The van der Waals surface area contributed by atoms with Gasteiger partial charge in [0, 0.05) is 10.9 Å². The van der Waals surface area contributed by atoms with Crippen LogP contribution in [0.4, 0.5) is 0 Å². The van der Waals surface area contributed by atoms with Crippen LogP contribution in [0.1, 0.15) is 20.8 Å². The Morgan fingerprint density at radius 2 is 1.80 bits per heavy atom. The van der Waals surface area contributed by atoms with E-state index in [1.54, 1.807) is 4.90 Å². The molecule has 0 saturated carbocycles. The molecule has 4 nitrogen and oxygen atoms in total. The highest BCUT2D eigenvalue weighted by Crippen LogP contribution is 2.24. The Morgan fingerprint density at radius 1 is 1.20 bits per heavy atom. The number of hydrogen-bond donors (Lipinski definition) is 0. The van der Waals surface area contributed by atoms with Crippen molar-refractivity contribution < 1.29 is 14.3 Å². The zero-order valence-corrected chi connectivity index (χ0v) is 13.1. The molecule has 0 aliphatic heterocycles. The first kappa shape index (κ1) is 16.6. The van der Waals surface area contributed by atoms with Gasteiger partial charge in [-0.05, 0) is 32.9 Å². The van der Waals surface area contributed by atoms with Crippen LogP contribution in [-0.2, 0) is 14.3 Å². The molecule has 0 aliphatic carbocycles. The Labute approximate surface area is 124 Å². The SMILES string of the molecule is COC(=O)CN(C(=O)C(C)Sc1ccccc1)C(C)C. The number of carbonyl (C=O) groups is 2. The van der Waals surface area contributed by atoms with E-state index in [0.717, 1.165) is 4.90 Å². The van der Waals surface area contributed by atoms with Crippen LogP contribution in [-0.4, -0.2) is 41.7 Å². The standard InChI is InChI=1S/C15H21NO3S/c1-11(2)16(10-14(17)19-4)15(18)12(3)20-13-8-6-5-7-9-13/h5-9,11-12H,10H2,1-4H3. The van der Waals surface area contributed by atoms with E-state index >= 15 is 0 Å². The van der Waals surface area contributed by atoms with Crippen LogP contribution in [0.5, 0.6) is 0 Å². The minimum absolute atomic E-state index is 0.00725. The highest BCUT2D eigenvalue weighted by Gasteiger charge is 2.25. The Hall–Kier alpha value is -1.49. The van der Waals surface area contributed by atoms with Crippen LogP contribution in [0.25, 0.3) is 0 Å². The number of hydrogen-bond acceptors (Lipinski definition) is 4. The highest BCUT2D eigenvalue weighted by molar-refractivity contribution is 8.00. The number of methoxy groups -OCH3 is 1. The molecule has 0 saturated heterocycles. The summed E-state index contributed by atoms with van der Waals surface area (Å²) >= 11 is 1.49. The van der Waals surface area contributed by atoms with Crippen molar-refractivity contribution in [1.82, 2.24) is 4.90 Å². The molecule has 5 heteroatoms. The third-order valence-corrected chi connectivity index (χ3v) is 3.94. The van der Waals surface area contributed by atoms with Gasteiger partial charge in [0.05, 0.1) is 12.4 Å². The maximum Gasteiger partial charge on any atom is 0.325 e. The summed E-state index contributed by atoms with van der Waals surface area (Å²) in [5.41, 5.74) is 0. The number of thioether (sulfide) groups is 1. The predicted octanol–water partition coefficient (Wildman–Crippen LogP) is 2.58. The van der Waals surface area contributed by atoms with Gasteiger partial charge in [-0.15, -0.1) is 11.8 Å². The molecule has 0 bridgehead atoms. The van der Waals surface area contributed by atoms with Crippen molar-refractivity contribution in [2.45, 2.75) is 37.0 Å². The molecule has 0 heterocycles. The van der Waals surface area contributed by atoms with Crippen molar-refractivity contribution >= 4 is 23.6 Å². The number of esters is 1. The van der Waals surface area contributed by atoms with Crippen molar-refractivity contribution in [3.63, 3.8) is 0 Å². The second-order valence-electron chi connectivity index (χ2n) is 4.71. The van der Waals surface area contributed by atoms with Gasteiger partial charge in [0.1, 0.15) is 6.54 Å². The second-order valence-corrected chi connectivity index (χ2v) is 6.12. The summed E-state index contributed by atoms with van der Waals surface area (Å²) in [6.45, 7) is 5.63. The van der Waals surface area contributed by atoms with E-state index in [1.807, 2.05) is 51.1 Å². The van der Waals surface area contributed by atoms with E-state index in [2.05, 4.69) is 4.74 Å². The lowest BCUT2D eigenvalue weighted by Crippen LogP contribution is -2.44. The number of ether oxygens (including phenoxy) is 1. The summed E-state index contributed by atoms with van der Waals surface area (Å²) in [4.78, 5) is 26.4. The second kappa shape index (κ2) is 7.94. The lowest BCUT2D eigenvalue weighted by molar-refractivity contribution is -0.147. The summed E-state index contributed by atoms with van der Waals surface area (Å²) in [6.07, 6.45) is 0. The number of rotatable bonds is 6. The molecular formula is C15H21NO3S. The molecule has 0 radical (unpaired) electrons. The van der Waals surface area contributed by atoms with Crippen molar-refractivity contribution in [3.8, 4) is 0 Å². The Balaban J connectivity index is 2.71. The number of nitrogens with zero attached hydrogens (tertiary/aromatic N) is 1. The number of carbonyl (C=O) groups excluding carboxylic acids is 2. The van der Waals surface area contributed by atoms with E-state index < -0.39 is 5.97 Å². The molecule has 0 spiro atoms. The topological polar surface area (TPSA) is 46.6 Å². The van der Waals surface area contributed by atoms with Gasteiger partial charge in [0.15, 0.2) is 0 Å². The van der Waals surface area contributed by atoms with Gasteiger partial charge in [-0.2, -0.15) is 0 Å². The fourth-order valence-corrected chi connectivity index (χ4v) is 2.66. The van der Waals surface area contributed by atoms with Crippen LogP contribution >= 0.6 is 11.8 Å². The van der Waals surface area contributed by atoms with Crippen LogP contribution in [0.3, 0.4) is 0 Å². The zero-order chi connectivity index (χ0) is 15.1. The molecule has 0 N–H and O–H groups in total. The quantitative estimate of drug-likeness (QED) is 0.598. The summed E-state index contributed by atoms with van der Waals surface area (Å²) < 4.78 is 4.64. The molecule has 1 unspecified atom stereocenters. The normalized spacial score (nSPS) is 12.1. The van der Waals surface area contributed by atoms with Gasteiger partial charge in [0.2, 0.25) is 5.91 Å². The van der Waals surface area contributed by atoms with Gasteiger partial charge in [-0.1, -0.05) is 18.2 Å². The first-order valence-corrected chi connectivity index (χ1v) is 7.42. The third-order valence-electron chi connectivity index (χ3n) is 2.84. The Bertz CT molecular complexity index is 448. The molecule has 0 aliphatic rings. The summed E-state index contributed by atoms with van der Waals surface area (Å²) in [7, 11) is 1.33. The summed E-state index contributed by atoms with van der Waals surface area (Å²) in [6, 6.07) is 9.71. The fourth-order valence-electron chi connectivity index (χ4n) is 1.71. The van der Waals surface area contributed by atoms with E-state index in [1.165, 1.54) is 18.9 Å². The molecule has 1 amide bonds. The molecule has 1 aromatic carbocycles. The smallest absolute Gasteiger partial charge is 0.325 e. The largest absolute Gasteiger partial charge is 0.468 e.